The lowest BCUT2D eigenvalue weighted by Gasteiger charge is -2.15. The Morgan fingerprint density at radius 2 is 1.62 bits per heavy atom. The molecule has 0 aliphatic heterocycles. The molecular formula is C25H23F3N4O9S. The van der Waals surface area contributed by atoms with E-state index in [9.17, 15) is 41.3 Å². The molecule has 224 valence electrons. The SMILES string of the molecule is COCn1c(=O)c2c(OS(=O)(=O)C(F)(F)F)cn(CCc3ccc([N+](=O)[O-])cc3)c2n(COCc2ccccc2)c1=O. The molecule has 4 rings (SSSR count). The number of halogens is 3. The highest BCUT2D eigenvalue weighted by Crippen LogP contribution is 2.32. The largest absolute Gasteiger partial charge is 0.534 e. The second kappa shape index (κ2) is 12.2. The van der Waals surface area contributed by atoms with Gasteiger partial charge in [0.15, 0.2) is 5.75 Å². The molecule has 0 N–H and O–H groups in total. The van der Waals surface area contributed by atoms with Gasteiger partial charge in [0.1, 0.15) is 24.5 Å². The first-order valence-corrected chi connectivity index (χ1v) is 13.5. The van der Waals surface area contributed by atoms with Gasteiger partial charge >= 0.3 is 21.3 Å². The van der Waals surface area contributed by atoms with E-state index in [-0.39, 0.29) is 30.9 Å². The molecule has 0 fully saturated rings. The lowest BCUT2D eigenvalue weighted by Crippen LogP contribution is -2.41. The maximum atomic E-state index is 13.4. The second-order valence-electron chi connectivity index (χ2n) is 8.87. The average molecular weight is 613 g/mol. The smallest absolute Gasteiger partial charge is 0.373 e. The number of nitro benzene ring substituents is 1. The fourth-order valence-electron chi connectivity index (χ4n) is 4.09. The van der Waals surface area contributed by atoms with Crippen LogP contribution in [0.15, 0.2) is 70.4 Å². The van der Waals surface area contributed by atoms with Gasteiger partial charge in [0, 0.05) is 25.8 Å². The van der Waals surface area contributed by atoms with E-state index in [0.717, 1.165) is 16.3 Å². The van der Waals surface area contributed by atoms with Gasteiger partial charge in [-0.2, -0.15) is 21.6 Å². The number of alkyl halides is 3. The van der Waals surface area contributed by atoms with Gasteiger partial charge in [-0.25, -0.2) is 9.36 Å². The molecule has 4 aromatic rings. The second-order valence-corrected chi connectivity index (χ2v) is 10.4. The Bertz CT molecular complexity index is 1810. The zero-order chi connectivity index (χ0) is 30.7. The van der Waals surface area contributed by atoms with Crippen LogP contribution in [0.4, 0.5) is 18.9 Å². The lowest BCUT2D eigenvalue weighted by atomic mass is 10.1. The van der Waals surface area contributed by atoms with Gasteiger partial charge in [-0.15, -0.1) is 0 Å². The topological polar surface area (TPSA) is 154 Å². The van der Waals surface area contributed by atoms with Crippen molar-refractivity contribution in [2.45, 2.75) is 38.5 Å². The molecule has 2 heterocycles. The third-order valence-electron chi connectivity index (χ3n) is 6.05. The Balaban J connectivity index is 1.85. The average Bonchev–Trinajstić information content (AvgIpc) is 3.29. The van der Waals surface area contributed by atoms with E-state index < -0.39 is 56.4 Å². The molecule has 0 aliphatic carbocycles. The molecule has 17 heteroatoms. The summed E-state index contributed by atoms with van der Waals surface area (Å²) in [5.74, 6) is -0.960. The molecule has 0 saturated carbocycles. The third-order valence-corrected chi connectivity index (χ3v) is 7.02. The van der Waals surface area contributed by atoms with Crippen LogP contribution in [0.2, 0.25) is 0 Å². The molecule has 42 heavy (non-hydrogen) atoms. The van der Waals surface area contributed by atoms with Gasteiger partial charge in [-0.3, -0.25) is 19.5 Å². The zero-order valence-corrected chi connectivity index (χ0v) is 22.6. The number of aromatic nitrogens is 3. The molecule has 0 aliphatic rings. The molecule has 0 bridgehead atoms. The highest BCUT2D eigenvalue weighted by atomic mass is 32.2. The van der Waals surface area contributed by atoms with Crippen LogP contribution in [-0.2, 0) is 52.6 Å². The summed E-state index contributed by atoms with van der Waals surface area (Å²) in [5.41, 5.74) is -7.03. The predicted octanol–water partition coefficient (Wildman–Crippen LogP) is 3.12. The Kier molecular flexibility index (Phi) is 8.83. The molecule has 2 aromatic heterocycles. The summed E-state index contributed by atoms with van der Waals surface area (Å²) in [6, 6.07) is 14.2. The van der Waals surface area contributed by atoms with Crippen molar-refractivity contribution in [2.75, 3.05) is 7.11 Å². The van der Waals surface area contributed by atoms with E-state index in [2.05, 4.69) is 4.18 Å². The maximum absolute atomic E-state index is 13.4. The van der Waals surface area contributed by atoms with E-state index in [4.69, 9.17) is 9.47 Å². The van der Waals surface area contributed by atoms with E-state index >= 15 is 0 Å². The number of rotatable bonds is 12. The molecule has 0 amide bonds. The molecule has 0 spiro atoms. The number of ether oxygens (including phenoxy) is 2. The predicted molar refractivity (Wildman–Crippen MR) is 141 cm³/mol. The van der Waals surface area contributed by atoms with Crippen molar-refractivity contribution in [2.24, 2.45) is 0 Å². The lowest BCUT2D eigenvalue weighted by molar-refractivity contribution is -0.384. The van der Waals surface area contributed by atoms with Crippen LogP contribution >= 0.6 is 0 Å². The molecule has 13 nitrogen and oxygen atoms in total. The Morgan fingerprint density at radius 1 is 0.952 bits per heavy atom. The fraction of sp³-hybridized carbons (Fsp3) is 0.280. The number of hydrogen-bond acceptors (Lipinski definition) is 9. The van der Waals surface area contributed by atoms with E-state index in [1.807, 2.05) is 0 Å². The number of nitro groups is 1. The highest BCUT2D eigenvalue weighted by molar-refractivity contribution is 7.88. The van der Waals surface area contributed by atoms with Crippen LogP contribution < -0.4 is 15.4 Å². The Labute approximate surface area is 235 Å². The standard InChI is InChI=1S/C25H23F3N4O9S/c1-39-15-31-23(33)21-20(41-42(37,38)25(26,27)28)13-29(12-11-17-7-9-19(10-8-17)32(35)36)22(21)30(24(31)34)16-40-14-18-5-3-2-4-6-18/h2-10,13H,11-12,14-16H2,1H3. The maximum Gasteiger partial charge on any atom is 0.534 e. The first-order chi connectivity index (χ1) is 19.8. The summed E-state index contributed by atoms with van der Waals surface area (Å²) < 4.78 is 81.1. The van der Waals surface area contributed by atoms with Crippen LogP contribution in [0.25, 0.3) is 11.0 Å². The number of benzene rings is 2. The van der Waals surface area contributed by atoms with E-state index in [1.54, 1.807) is 30.3 Å². The van der Waals surface area contributed by atoms with Crippen LogP contribution in [-0.4, -0.2) is 39.7 Å². The molecule has 0 unspecified atom stereocenters. The van der Waals surface area contributed by atoms with Crippen LogP contribution in [0.1, 0.15) is 11.1 Å². The van der Waals surface area contributed by atoms with E-state index in [1.165, 1.54) is 35.9 Å². The number of aryl methyl sites for hydroxylation is 2. The monoisotopic (exact) mass is 612 g/mol. The Hall–Kier alpha value is -4.48. The van der Waals surface area contributed by atoms with Gasteiger partial charge < -0.3 is 18.2 Å². The van der Waals surface area contributed by atoms with Crippen LogP contribution in [0, 0.1) is 10.1 Å². The van der Waals surface area contributed by atoms with Crippen LogP contribution in [0.3, 0.4) is 0 Å². The van der Waals surface area contributed by atoms with Gasteiger partial charge in [0.2, 0.25) is 0 Å². The van der Waals surface area contributed by atoms with Crippen molar-refractivity contribution in [1.29, 1.82) is 0 Å². The summed E-state index contributed by atoms with van der Waals surface area (Å²) >= 11 is 0. The van der Waals surface area contributed by atoms with Crippen molar-refractivity contribution < 1.29 is 40.2 Å². The van der Waals surface area contributed by atoms with Crippen molar-refractivity contribution in [1.82, 2.24) is 13.7 Å². The Morgan fingerprint density at radius 3 is 2.21 bits per heavy atom. The van der Waals surface area contributed by atoms with Gasteiger partial charge in [-0.1, -0.05) is 42.5 Å². The number of non-ortho nitro benzene ring substituents is 1. The number of fused-ring (bicyclic) bond motifs is 1. The minimum absolute atomic E-state index is 0.0213. The van der Waals surface area contributed by atoms with Crippen molar-refractivity contribution in [3.63, 3.8) is 0 Å². The summed E-state index contributed by atoms with van der Waals surface area (Å²) in [5, 5.41) is 10.3. The van der Waals surface area contributed by atoms with Crippen LogP contribution in [0.5, 0.6) is 5.75 Å². The minimum Gasteiger partial charge on any atom is -0.373 e. The highest BCUT2D eigenvalue weighted by Gasteiger charge is 2.49. The number of hydrogen-bond donors (Lipinski definition) is 0. The van der Waals surface area contributed by atoms with Crippen molar-refractivity contribution >= 4 is 26.8 Å². The first kappa shape index (κ1) is 30.5. The van der Waals surface area contributed by atoms with Gasteiger partial charge in [0.05, 0.1) is 17.7 Å². The summed E-state index contributed by atoms with van der Waals surface area (Å²) in [7, 11) is -5.03. The molecule has 0 radical (unpaired) electrons. The normalized spacial score (nSPS) is 12.1. The first-order valence-electron chi connectivity index (χ1n) is 12.0. The van der Waals surface area contributed by atoms with Gasteiger partial charge in [-0.05, 0) is 17.5 Å². The summed E-state index contributed by atoms with van der Waals surface area (Å²) in [6.07, 6.45) is 0.985. The van der Waals surface area contributed by atoms with Gasteiger partial charge in [0.25, 0.3) is 11.2 Å². The van der Waals surface area contributed by atoms with Crippen molar-refractivity contribution in [3.8, 4) is 5.75 Å². The third kappa shape index (κ3) is 6.37. The molecular weight excluding hydrogens is 589 g/mol. The molecule has 2 aromatic carbocycles. The summed E-state index contributed by atoms with van der Waals surface area (Å²) in [6.45, 7) is -1.17. The van der Waals surface area contributed by atoms with E-state index in [0.29, 0.717) is 10.1 Å². The summed E-state index contributed by atoms with van der Waals surface area (Å²) in [4.78, 5) is 37.1. The quantitative estimate of drug-likeness (QED) is 0.102. The van der Waals surface area contributed by atoms with Crippen molar-refractivity contribution in [3.05, 3.63) is 103 Å². The fourth-order valence-corrected chi connectivity index (χ4v) is 4.55. The zero-order valence-electron chi connectivity index (χ0n) is 21.8. The number of methoxy groups -OCH3 is 1. The molecule has 0 saturated heterocycles. The molecule has 0 atom stereocenters. The minimum atomic E-state index is -6.20. The number of nitrogens with zero attached hydrogens (tertiary/aromatic N) is 4.